The zero-order chi connectivity index (χ0) is 18.3. The number of rotatable bonds is 10. The normalized spacial score (nSPS) is 12.0. The van der Waals surface area contributed by atoms with Crippen LogP contribution in [0.25, 0.3) is 10.9 Å². The van der Waals surface area contributed by atoms with E-state index in [0.717, 1.165) is 10.4 Å². The minimum absolute atomic E-state index is 0.430. The Labute approximate surface area is 161 Å². The van der Waals surface area contributed by atoms with Gasteiger partial charge in [0.05, 0.1) is 0 Å². The van der Waals surface area contributed by atoms with Crippen LogP contribution in [0, 0.1) is 0 Å². The van der Waals surface area contributed by atoms with Crippen molar-refractivity contribution in [2.75, 3.05) is 0 Å². The van der Waals surface area contributed by atoms with Crippen molar-refractivity contribution < 1.29 is 5.11 Å². The molecular weight excluding hydrogens is 436 g/mol. The molecule has 1 N–H and O–H groups in total. The molecule has 0 radical (unpaired) electrons. The summed E-state index contributed by atoms with van der Waals surface area (Å²) in [4.78, 5) is 4.46. The van der Waals surface area contributed by atoms with E-state index in [4.69, 9.17) is 11.6 Å². The van der Waals surface area contributed by atoms with Crippen LogP contribution in [-0.4, -0.2) is 28.5 Å². The maximum absolute atomic E-state index is 11.1. The summed E-state index contributed by atoms with van der Waals surface area (Å²) in [5.74, 6) is 0.430. The first-order valence-electron chi connectivity index (χ1n) is 9.86. The molecule has 0 saturated heterocycles. The van der Waals surface area contributed by atoms with Gasteiger partial charge in [0, 0.05) is 0 Å². The van der Waals surface area contributed by atoms with Crippen LogP contribution in [0.4, 0.5) is 0 Å². The van der Waals surface area contributed by atoms with Crippen LogP contribution in [0.15, 0.2) is 24.4 Å². The Morgan fingerprint density at radius 3 is 2.08 bits per heavy atom. The summed E-state index contributed by atoms with van der Waals surface area (Å²) in [5, 5.41) is 12.8. The monoisotopic (exact) mass is 469 g/mol. The van der Waals surface area contributed by atoms with Crippen molar-refractivity contribution >= 4 is 44.5 Å². The number of halogens is 1. The quantitative estimate of drug-likeness (QED) is 0.396. The van der Waals surface area contributed by atoms with E-state index < -0.39 is 18.4 Å². The van der Waals surface area contributed by atoms with Crippen LogP contribution >= 0.6 is 11.6 Å². The number of aromatic nitrogens is 1. The Balaban J connectivity index is 2.61. The van der Waals surface area contributed by atoms with Crippen LogP contribution in [0.3, 0.4) is 0 Å². The molecule has 2 rings (SSSR count). The summed E-state index contributed by atoms with van der Waals surface area (Å²) >= 11 is 3.90. The van der Waals surface area contributed by atoms with Gasteiger partial charge < -0.3 is 0 Å². The molecule has 2 aromatic rings. The van der Waals surface area contributed by atoms with E-state index in [2.05, 4.69) is 31.8 Å². The zero-order valence-electron chi connectivity index (χ0n) is 15.9. The SMILES string of the molecule is CCC[CH2][Sn]([CH2]CCC)([CH2]CCC)[c]1cc(Cl)c2cccnc2c1O. The number of hydrogen-bond donors (Lipinski definition) is 1. The molecule has 2 nitrogen and oxygen atoms in total. The Bertz CT molecular complexity index is 667. The number of nitrogens with zero attached hydrogens (tertiary/aromatic N) is 1. The van der Waals surface area contributed by atoms with E-state index in [9.17, 15) is 5.11 Å². The Hall–Kier alpha value is -0.481. The van der Waals surface area contributed by atoms with Crippen LogP contribution in [-0.2, 0) is 0 Å². The number of pyridine rings is 1. The van der Waals surface area contributed by atoms with Gasteiger partial charge in [-0.2, -0.15) is 0 Å². The van der Waals surface area contributed by atoms with E-state index in [1.54, 1.807) is 6.20 Å². The molecule has 1 aromatic heterocycles. The van der Waals surface area contributed by atoms with Gasteiger partial charge in [0.1, 0.15) is 0 Å². The first-order chi connectivity index (χ1) is 12.1. The Kier molecular flexibility index (Phi) is 8.34. The second kappa shape index (κ2) is 10.0. The molecule has 4 heteroatoms. The number of fused-ring (bicyclic) bond motifs is 1. The molecule has 0 unspecified atom stereocenters. The summed E-state index contributed by atoms with van der Waals surface area (Å²) in [6, 6.07) is 5.95. The van der Waals surface area contributed by atoms with Gasteiger partial charge in [0.15, 0.2) is 0 Å². The van der Waals surface area contributed by atoms with Gasteiger partial charge in [-0.25, -0.2) is 0 Å². The molecule has 0 aliphatic rings. The van der Waals surface area contributed by atoms with Gasteiger partial charge in [-0.05, 0) is 0 Å². The fourth-order valence-corrected chi connectivity index (χ4v) is 20.8. The molecule has 1 aromatic carbocycles. The standard InChI is InChI=1S/C9H5ClNO.3C4H9.Sn/c10-7-3-4-8(12)9-6(7)2-1-5-11-9;3*1-3-4-2;/h1-3,5,12H;3*1,3-4H2,2H3;. The summed E-state index contributed by atoms with van der Waals surface area (Å²) in [7, 11) is 0. The third-order valence-corrected chi connectivity index (χ3v) is 21.3. The molecule has 0 bridgehead atoms. The van der Waals surface area contributed by atoms with Gasteiger partial charge in [-0.15, -0.1) is 0 Å². The van der Waals surface area contributed by atoms with E-state index >= 15 is 0 Å². The second-order valence-corrected chi connectivity index (χ2v) is 20.8. The molecule has 0 aliphatic carbocycles. The predicted octanol–water partition coefficient (Wildman–Crippen LogP) is 6.65. The van der Waals surface area contributed by atoms with Gasteiger partial charge in [-0.1, -0.05) is 0 Å². The third kappa shape index (κ3) is 4.82. The van der Waals surface area contributed by atoms with Crippen molar-refractivity contribution in [2.45, 2.75) is 72.6 Å². The third-order valence-electron chi connectivity index (χ3n) is 5.41. The predicted molar refractivity (Wildman–Crippen MR) is 113 cm³/mol. The zero-order valence-corrected chi connectivity index (χ0v) is 19.6. The molecule has 0 spiro atoms. The van der Waals surface area contributed by atoms with Gasteiger partial charge in [0.2, 0.25) is 0 Å². The molecule has 0 fully saturated rings. The minimum atomic E-state index is -2.73. The van der Waals surface area contributed by atoms with E-state index in [-0.39, 0.29) is 0 Å². The molecule has 1 heterocycles. The number of unbranched alkanes of at least 4 members (excludes halogenated alkanes) is 3. The summed E-state index contributed by atoms with van der Waals surface area (Å²) in [5.41, 5.74) is 0.690. The average molecular weight is 469 g/mol. The van der Waals surface area contributed by atoms with Gasteiger partial charge >= 0.3 is 162 Å². The summed E-state index contributed by atoms with van der Waals surface area (Å²) in [6.07, 6.45) is 9.21. The van der Waals surface area contributed by atoms with Gasteiger partial charge in [0.25, 0.3) is 0 Å². The fraction of sp³-hybridized carbons (Fsp3) is 0.571. The molecular formula is C21H32ClNOSn. The fourth-order valence-electron chi connectivity index (χ4n) is 3.92. The van der Waals surface area contributed by atoms with Crippen molar-refractivity contribution in [3.63, 3.8) is 0 Å². The van der Waals surface area contributed by atoms with Crippen molar-refractivity contribution in [1.82, 2.24) is 4.98 Å². The number of phenols is 1. The first-order valence-corrected chi connectivity index (χ1v) is 17.7. The molecule has 138 valence electrons. The Morgan fingerprint density at radius 1 is 1.00 bits per heavy atom. The number of benzene rings is 1. The summed E-state index contributed by atoms with van der Waals surface area (Å²) in [6.45, 7) is 6.81. The molecule has 0 saturated carbocycles. The van der Waals surface area contributed by atoms with E-state index in [0.29, 0.717) is 11.3 Å². The van der Waals surface area contributed by atoms with Crippen LogP contribution < -0.4 is 3.58 Å². The van der Waals surface area contributed by atoms with Crippen LogP contribution in [0.2, 0.25) is 18.3 Å². The molecule has 0 aliphatic heterocycles. The average Bonchev–Trinajstić information content (AvgIpc) is 2.64. The van der Waals surface area contributed by atoms with E-state index in [1.165, 1.54) is 55.4 Å². The van der Waals surface area contributed by atoms with Gasteiger partial charge in [-0.3, -0.25) is 0 Å². The molecule has 0 amide bonds. The second-order valence-electron chi connectivity index (χ2n) is 7.25. The van der Waals surface area contributed by atoms with Crippen molar-refractivity contribution in [3.8, 4) is 5.75 Å². The molecule has 25 heavy (non-hydrogen) atoms. The Morgan fingerprint density at radius 2 is 1.56 bits per heavy atom. The topological polar surface area (TPSA) is 33.1 Å². The number of hydrogen-bond acceptors (Lipinski definition) is 2. The summed E-state index contributed by atoms with van der Waals surface area (Å²) < 4.78 is 5.16. The molecule has 0 atom stereocenters. The first kappa shape index (κ1) is 20.8. The van der Waals surface area contributed by atoms with Crippen molar-refractivity contribution in [2.24, 2.45) is 0 Å². The number of aromatic hydroxyl groups is 1. The maximum atomic E-state index is 11.1. The number of phenolic OH excluding ortho intramolecular Hbond substituents is 1. The van der Waals surface area contributed by atoms with Crippen molar-refractivity contribution in [3.05, 3.63) is 29.4 Å². The van der Waals surface area contributed by atoms with Crippen LogP contribution in [0.1, 0.15) is 59.3 Å². The van der Waals surface area contributed by atoms with Crippen LogP contribution in [0.5, 0.6) is 5.75 Å². The van der Waals surface area contributed by atoms with Crippen molar-refractivity contribution in [1.29, 1.82) is 0 Å². The van der Waals surface area contributed by atoms with E-state index in [1.807, 2.05) is 12.1 Å².